The Morgan fingerprint density at radius 2 is 1.83 bits per heavy atom. The number of methoxy groups -OCH3 is 1. The highest BCUT2D eigenvalue weighted by atomic mass is 16.5. The molecule has 0 aliphatic carbocycles. The van der Waals surface area contributed by atoms with Crippen molar-refractivity contribution in [2.24, 2.45) is 0 Å². The van der Waals surface area contributed by atoms with Crippen LogP contribution >= 0.6 is 0 Å². The predicted molar refractivity (Wildman–Crippen MR) is 120 cm³/mol. The number of Topliss-reactive ketones (excluding diaryl/α,β-unsaturated/α-hetero) is 1. The van der Waals surface area contributed by atoms with Crippen molar-refractivity contribution in [1.29, 1.82) is 0 Å². The Kier molecular flexibility index (Phi) is 5.96. The maximum absolute atomic E-state index is 13.5. The molecule has 4 nitrogen and oxygen atoms in total. The van der Waals surface area contributed by atoms with E-state index in [1.165, 1.54) is 5.69 Å². The summed E-state index contributed by atoms with van der Waals surface area (Å²) in [6, 6.07) is 20.5. The van der Waals surface area contributed by atoms with Gasteiger partial charge in [-0.1, -0.05) is 36.4 Å². The summed E-state index contributed by atoms with van der Waals surface area (Å²) in [6.07, 6.45) is 2.48. The van der Waals surface area contributed by atoms with E-state index in [4.69, 9.17) is 4.74 Å². The maximum Gasteiger partial charge on any atom is 0.149 e. The van der Waals surface area contributed by atoms with Crippen LogP contribution in [0.1, 0.15) is 33.9 Å². The first-order valence-corrected chi connectivity index (χ1v) is 10.4. The smallest absolute Gasteiger partial charge is 0.149 e. The van der Waals surface area contributed by atoms with Crippen molar-refractivity contribution in [1.82, 2.24) is 4.98 Å². The highest BCUT2D eigenvalue weighted by molar-refractivity contribution is 5.91. The molecule has 0 radical (unpaired) electrons. The Morgan fingerprint density at radius 1 is 1.10 bits per heavy atom. The topological polar surface area (TPSA) is 42.4 Å². The quantitative estimate of drug-likeness (QED) is 0.587. The molecule has 1 unspecified atom stereocenters. The third-order valence-corrected chi connectivity index (χ3v) is 5.93. The minimum atomic E-state index is -0.281. The van der Waals surface area contributed by atoms with E-state index in [1.807, 2.05) is 31.2 Å². The van der Waals surface area contributed by atoms with E-state index >= 15 is 0 Å². The number of carbonyl (C=O) groups excluding carboxylic acids is 1. The van der Waals surface area contributed by atoms with Gasteiger partial charge >= 0.3 is 0 Å². The first-order chi connectivity index (χ1) is 14.5. The number of benzene rings is 2. The lowest BCUT2D eigenvalue weighted by atomic mass is 9.83. The van der Waals surface area contributed by atoms with Crippen molar-refractivity contribution in [2.45, 2.75) is 32.3 Å². The molecule has 1 fully saturated rings. The summed E-state index contributed by atoms with van der Waals surface area (Å²) in [5.41, 5.74) is 6.36. The van der Waals surface area contributed by atoms with E-state index in [9.17, 15) is 4.79 Å². The predicted octanol–water partition coefficient (Wildman–Crippen LogP) is 4.48. The lowest BCUT2D eigenvalue weighted by Crippen LogP contribution is -2.51. The maximum atomic E-state index is 13.5. The lowest BCUT2D eigenvalue weighted by Gasteiger charge is -2.40. The van der Waals surface area contributed by atoms with E-state index in [0.29, 0.717) is 12.5 Å². The molecule has 1 aliphatic heterocycles. The van der Waals surface area contributed by atoms with Gasteiger partial charge in [-0.25, -0.2) is 0 Å². The van der Waals surface area contributed by atoms with Crippen molar-refractivity contribution < 1.29 is 9.53 Å². The monoisotopic (exact) mass is 400 g/mol. The zero-order valence-electron chi connectivity index (χ0n) is 17.8. The Bertz CT molecular complexity index is 1020. The number of carbonyl (C=O) groups is 1. The molecule has 0 spiro atoms. The average Bonchev–Trinajstić information content (AvgIpc) is 2.70. The third kappa shape index (κ3) is 4.29. The Hall–Kier alpha value is -2.98. The number of aromatic nitrogens is 1. The van der Waals surface area contributed by atoms with Gasteiger partial charge in [0.15, 0.2) is 0 Å². The number of nitrogens with zero attached hydrogens (tertiary/aromatic N) is 2. The number of anilines is 1. The van der Waals surface area contributed by atoms with Crippen LogP contribution in [0.3, 0.4) is 0 Å². The lowest BCUT2D eigenvalue weighted by molar-refractivity contribution is -0.119. The molecule has 1 atom stereocenters. The Labute approximate surface area is 178 Å². The fourth-order valence-electron chi connectivity index (χ4n) is 4.14. The molecule has 154 valence electrons. The van der Waals surface area contributed by atoms with Gasteiger partial charge in [-0.2, -0.15) is 0 Å². The standard InChI is InChI=1S/C26H28N2O2/c1-18-6-4-5-7-24(18)26(25(29)15-20-12-13-27-19(2)14-20)21-8-10-22(11-9-21)28-16-23(17-28)30-3/h4-14,23,26H,15-17H2,1-3H3. The molecular weight excluding hydrogens is 372 g/mol. The van der Waals surface area contributed by atoms with Crippen LogP contribution in [0.5, 0.6) is 0 Å². The number of pyridine rings is 1. The minimum absolute atomic E-state index is 0.200. The van der Waals surface area contributed by atoms with E-state index in [0.717, 1.165) is 41.0 Å². The summed E-state index contributed by atoms with van der Waals surface area (Å²) in [7, 11) is 1.76. The first-order valence-electron chi connectivity index (χ1n) is 10.4. The second-order valence-corrected chi connectivity index (χ2v) is 8.09. The summed E-state index contributed by atoms with van der Waals surface area (Å²) in [5, 5.41) is 0. The molecule has 4 heteroatoms. The van der Waals surface area contributed by atoms with E-state index < -0.39 is 0 Å². The minimum Gasteiger partial charge on any atom is -0.378 e. The molecule has 4 rings (SSSR count). The van der Waals surface area contributed by atoms with E-state index in [1.54, 1.807) is 13.3 Å². The molecule has 0 bridgehead atoms. The molecule has 3 aromatic rings. The van der Waals surface area contributed by atoms with Gasteiger partial charge in [-0.15, -0.1) is 0 Å². The normalized spacial score (nSPS) is 15.0. The van der Waals surface area contributed by atoms with Crippen LogP contribution in [-0.4, -0.2) is 37.1 Å². The highest BCUT2D eigenvalue weighted by Gasteiger charge is 2.28. The van der Waals surface area contributed by atoms with E-state index in [-0.39, 0.29) is 11.7 Å². The number of hydrogen-bond donors (Lipinski definition) is 0. The molecule has 0 amide bonds. The SMILES string of the molecule is COC1CN(c2ccc(C(C(=O)Cc3ccnc(C)c3)c3ccccc3C)cc2)C1. The Balaban J connectivity index is 1.62. The zero-order chi connectivity index (χ0) is 21.1. The second-order valence-electron chi connectivity index (χ2n) is 8.09. The summed E-state index contributed by atoms with van der Waals surface area (Å²) in [4.78, 5) is 20.0. The molecule has 2 heterocycles. The largest absolute Gasteiger partial charge is 0.378 e. The molecule has 1 aliphatic rings. The van der Waals surface area contributed by atoms with Gasteiger partial charge < -0.3 is 9.64 Å². The first kappa shape index (κ1) is 20.3. The van der Waals surface area contributed by atoms with Crippen LogP contribution in [0.15, 0.2) is 66.9 Å². The van der Waals surface area contributed by atoms with Crippen molar-refractivity contribution in [3.05, 3.63) is 94.8 Å². The summed E-state index contributed by atoms with van der Waals surface area (Å²) < 4.78 is 5.38. The molecule has 30 heavy (non-hydrogen) atoms. The van der Waals surface area contributed by atoms with Gasteiger partial charge in [0.05, 0.1) is 12.0 Å². The van der Waals surface area contributed by atoms with Crippen LogP contribution in [0, 0.1) is 13.8 Å². The molecular formula is C26H28N2O2. The summed E-state index contributed by atoms with van der Waals surface area (Å²) in [6.45, 7) is 5.86. The van der Waals surface area contributed by atoms with Gasteiger partial charge in [-0.3, -0.25) is 9.78 Å². The fourth-order valence-corrected chi connectivity index (χ4v) is 4.14. The van der Waals surface area contributed by atoms with Gasteiger partial charge in [0.2, 0.25) is 0 Å². The molecule has 0 saturated carbocycles. The fraction of sp³-hybridized carbons (Fsp3) is 0.308. The van der Waals surface area contributed by atoms with Crippen LogP contribution in [0.4, 0.5) is 5.69 Å². The third-order valence-electron chi connectivity index (χ3n) is 5.93. The number of hydrogen-bond acceptors (Lipinski definition) is 4. The summed E-state index contributed by atoms with van der Waals surface area (Å²) >= 11 is 0. The van der Waals surface area contributed by atoms with Gasteiger partial charge in [0, 0.05) is 44.2 Å². The van der Waals surface area contributed by atoms with Crippen molar-refractivity contribution in [2.75, 3.05) is 25.1 Å². The van der Waals surface area contributed by atoms with Crippen molar-refractivity contribution in [3.63, 3.8) is 0 Å². The van der Waals surface area contributed by atoms with Crippen LogP contribution in [0.2, 0.25) is 0 Å². The van der Waals surface area contributed by atoms with Gasteiger partial charge in [-0.05, 0) is 60.4 Å². The van der Waals surface area contributed by atoms with Crippen LogP contribution in [0.25, 0.3) is 0 Å². The van der Waals surface area contributed by atoms with Gasteiger partial charge in [0.25, 0.3) is 0 Å². The zero-order valence-corrected chi connectivity index (χ0v) is 17.8. The number of rotatable bonds is 7. The molecule has 1 aromatic heterocycles. The molecule has 2 aromatic carbocycles. The molecule has 0 N–H and O–H groups in total. The van der Waals surface area contributed by atoms with Crippen LogP contribution in [-0.2, 0) is 16.0 Å². The van der Waals surface area contributed by atoms with Crippen molar-refractivity contribution >= 4 is 11.5 Å². The number of ether oxygens (including phenoxy) is 1. The van der Waals surface area contributed by atoms with Crippen LogP contribution < -0.4 is 4.90 Å². The summed E-state index contributed by atoms with van der Waals surface area (Å²) in [5.74, 6) is -0.0807. The average molecular weight is 401 g/mol. The Morgan fingerprint density at radius 3 is 2.50 bits per heavy atom. The van der Waals surface area contributed by atoms with E-state index in [2.05, 4.69) is 53.2 Å². The number of aryl methyl sites for hydroxylation is 2. The number of ketones is 1. The van der Waals surface area contributed by atoms with Gasteiger partial charge in [0.1, 0.15) is 5.78 Å². The van der Waals surface area contributed by atoms with Crippen molar-refractivity contribution in [3.8, 4) is 0 Å². The highest BCUT2D eigenvalue weighted by Crippen LogP contribution is 2.32. The second kappa shape index (κ2) is 8.80. The molecule has 1 saturated heterocycles.